The number of aliphatic imine (C=N–C) groups is 1. The van der Waals surface area contributed by atoms with Crippen LogP contribution in [0.3, 0.4) is 0 Å². The highest BCUT2D eigenvalue weighted by Crippen LogP contribution is 2.67. The van der Waals surface area contributed by atoms with Crippen LogP contribution in [0.25, 0.3) is 0 Å². The van der Waals surface area contributed by atoms with Gasteiger partial charge in [0.1, 0.15) is 5.66 Å². The number of fused-ring (bicyclic) bond motifs is 2. The van der Waals surface area contributed by atoms with E-state index in [1.54, 1.807) is 11.1 Å². The summed E-state index contributed by atoms with van der Waals surface area (Å²) in [5.41, 5.74) is 0.694. The van der Waals surface area contributed by atoms with Crippen LogP contribution in [0, 0.1) is 5.41 Å². The van der Waals surface area contributed by atoms with Crippen molar-refractivity contribution in [1.29, 1.82) is 0 Å². The van der Waals surface area contributed by atoms with E-state index in [0.717, 1.165) is 15.7 Å². The van der Waals surface area contributed by atoms with Crippen LogP contribution >= 0.6 is 27.5 Å². The Balaban J connectivity index is 1.78. The Hall–Kier alpha value is -1.86. The number of hydrogen-bond donors (Lipinski definition) is 1. The maximum atomic E-state index is 13.1. The smallest absolute Gasteiger partial charge is 0.317 e. The predicted molar refractivity (Wildman–Crippen MR) is 109 cm³/mol. The molecule has 2 fully saturated rings. The highest BCUT2D eigenvalue weighted by atomic mass is 79.9. The molecule has 1 aromatic rings. The zero-order chi connectivity index (χ0) is 19.6. The van der Waals surface area contributed by atoms with Crippen LogP contribution in [0.5, 0.6) is 0 Å². The van der Waals surface area contributed by atoms with Crippen molar-refractivity contribution in [1.82, 2.24) is 10.2 Å². The molecule has 2 spiro atoms. The number of anilines is 1. The number of nitrogens with zero attached hydrogens (tertiary/aromatic N) is 3. The van der Waals surface area contributed by atoms with Gasteiger partial charge in [-0.15, -0.1) is 11.6 Å². The molecule has 0 aliphatic carbocycles. The van der Waals surface area contributed by atoms with Gasteiger partial charge in [0.15, 0.2) is 5.66 Å². The number of carbonyl (C=O) groups excluding carboxylic acids is 2. The Labute approximate surface area is 175 Å². The minimum atomic E-state index is -0.865. The van der Waals surface area contributed by atoms with E-state index in [9.17, 15) is 9.59 Å². The van der Waals surface area contributed by atoms with Crippen molar-refractivity contribution in [3.8, 4) is 0 Å². The molecule has 6 nitrogen and oxygen atoms in total. The second kappa shape index (κ2) is 4.82. The number of halogens is 2. The van der Waals surface area contributed by atoms with E-state index in [4.69, 9.17) is 11.6 Å². The lowest BCUT2D eigenvalue weighted by atomic mass is 9.65. The highest BCUT2D eigenvalue weighted by Gasteiger charge is 2.77. The topological polar surface area (TPSA) is 65.0 Å². The summed E-state index contributed by atoms with van der Waals surface area (Å²) in [6.45, 7) is 4.23. The van der Waals surface area contributed by atoms with Crippen molar-refractivity contribution in [2.75, 3.05) is 4.90 Å². The van der Waals surface area contributed by atoms with Gasteiger partial charge in [0.25, 0.3) is 0 Å². The van der Waals surface area contributed by atoms with Gasteiger partial charge in [-0.1, -0.05) is 35.8 Å². The lowest BCUT2D eigenvalue weighted by Gasteiger charge is -2.63. The van der Waals surface area contributed by atoms with Crippen molar-refractivity contribution < 1.29 is 9.59 Å². The maximum Gasteiger partial charge on any atom is 0.343 e. The minimum Gasteiger partial charge on any atom is -0.317 e. The van der Waals surface area contributed by atoms with Gasteiger partial charge in [-0.05, 0) is 30.2 Å². The Morgan fingerprint density at radius 1 is 1.32 bits per heavy atom. The van der Waals surface area contributed by atoms with E-state index in [-0.39, 0.29) is 23.2 Å². The standard InChI is InChI=1S/C20H18BrClN4O2/c1-18(2)9-14(22)19-12-8-16(27)25(19)6-5-15-20(18,24-17(28)23-15)26(19)13-7-10(21)3-4-11(12)13/h3-7,12,14H,8-9H2,1-2H3,(H,24,28). The second-order valence-electron chi connectivity index (χ2n) is 8.85. The third-order valence-electron chi connectivity index (χ3n) is 7.24. The van der Waals surface area contributed by atoms with Crippen LogP contribution in [0.4, 0.5) is 10.5 Å². The van der Waals surface area contributed by atoms with Crippen LogP contribution in [0.1, 0.15) is 38.2 Å². The molecule has 2 saturated heterocycles. The number of piperidine rings is 1. The number of rotatable bonds is 0. The number of benzene rings is 1. The number of hydrogen-bond acceptors (Lipinski definition) is 3. The predicted octanol–water partition coefficient (Wildman–Crippen LogP) is 3.71. The molecule has 144 valence electrons. The molecule has 4 unspecified atom stereocenters. The molecule has 4 atom stereocenters. The summed E-state index contributed by atoms with van der Waals surface area (Å²) in [4.78, 5) is 33.9. The van der Waals surface area contributed by atoms with Gasteiger partial charge in [-0.3, -0.25) is 9.69 Å². The average Bonchev–Trinajstić information content (AvgIpc) is 3.15. The molecule has 28 heavy (non-hydrogen) atoms. The van der Waals surface area contributed by atoms with Crippen LogP contribution < -0.4 is 10.2 Å². The Morgan fingerprint density at radius 3 is 2.89 bits per heavy atom. The van der Waals surface area contributed by atoms with E-state index >= 15 is 0 Å². The van der Waals surface area contributed by atoms with Crippen LogP contribution in [0.15, 0.2) is 39.9 Å². The van der Waals surface area contributed by atoms with E-state index < -0.39 is 16.7 Å². The van der Waals surface area contributed by atoms with Crippen molar-refractivity contribution >= 4 is 50.9 Å². The van der Waals surface area contributed by atoms with Crippen LogP contribution in [0.2, 0.25) is 0 Å². The molecule has 1 aromatic carbocycles. The van der Waals surface area contributed by atoms with Crippen LogP contribution in [-0.2, 0) is 4.79 Å². The molecule has 2 bridgehead atoms. The number of alkyl halides is 1. The summed E-state index contributed by atoms with van der Waals surface area (Å²) in [6, 6.07) is 5.79. The lowest BCUT2D eigenvalue weighted by Crippen LogP contribution is -2.81. The summed E-state index contributed by atoms with van der Waals surface area (Å²) in [7, 11) is 0. The fourth-order valence-electron chi connectivity index (χ4n) is 6.23. The zero-order valence-corrected chi connectivity index (χ0v) is 17.7. The summed E-state index contributed by atoms with van der Waals surface area (Å²) >= 11 is 10.7. The first kappa shape index (κ1) is 17.0. The minimum absolute atomic E-state index is 0.0484. The number of nitrogens with one attached hydrogen (secondary N) is 1. The molecule has 6 rings (SSSR count). The van der Waals surface area contributed by atoms with Gasteiger partial charge < -0.3 is 10.2 Å². The molecule has 0 radical (unpaired) electrons. The second-order valence-corrected chi connectivity index (χ2v) is 10.3. The van der Waals surface area contributed by atoms with E-state index in [1.807, 2.05) is 12.1 Å². The molecule has 5 heterocycles. The van der Waals surface area contributed by atoms with Gasteiger partial charge in [0, 0.05) is 34.1 Å². The van der Waals surface area contributed by atoms with Gasteiger partial charge in [0.2, 0.25) is 5.91 Å². The Kier molecular flexibility index (Phi) is 2.93. The molecule has 8 heteroatoms. The van der Waals surface area contributed by atoms with E-state index in [2.05, 4.69) is 57.1 Å². The van der Waals surface area contributed by atoms with Crippen molar-refractivity contribution in [2.45, 2.75) is 49.3 Å². The third kappa shape index (κ3) is 1.56. The van der Waals surface area contributed by atoms with Crippen molar-refractivity contribution in [3.05, 3.63) is 40.5 Å². The molecule has 5 aliphatic rings. The molecular formula is C20H18BrClN4O2. The van der Waals surface area contributed by atoms with Gasteiger partial charge in [-0.25, -0.2) is 4.79 Å². The largest absolute Gasteiger partial charge is 0.343 e. The normalized spacial score (nSPS) is 38.6. The number of urea groups is 1. The fourth-order valence-corrected chi connectivity index (χ4v) is 7.32. The molecule has 5 aliphatic heterocycles. The first-order valence-corrected chi connectivity index (χ1v) is 10.6. The summed E-state index contributed by atoms with van der Waals surface area (Å²) in [5.74, 6) is -0.0210. The highest BCUT2D eigenvalue weighted by molar-refractivity contribution is 9.10. The fraction of sp³-hybridized carbons (Fsp3) is 0.450. The quantitative estimate of drug-likeness (QED) is 0.599. The number of carbonyl (C=O) groups is 2. The molecular weight excluding hydrogens is 444 g/mol. The van der Waals surface area contributed by atoms with E-state index in [1.165, 1.54) is 0 Å². The lowest BCUT2D eigenvalue weighted by molar-refractivity contribution is -0.129. The van der Waals surface area contributed by atoms with Crippen molar-refractivity contribution in [3.63, 3.8) is 0 Å². The van der Waals surface area contributed by atoms with Crippen molar-refractivity contribution in [2.24, 2.45) is 10.4 Å². The SMILES string of the molecule is CC1(C)CC(Cl)C23C4CC(=O)N2C=CC2=NC(=O)NC21N3c1cc(Br)ccc14. The molecule has 1 N–H and O–H groups in total. The average molecular weight is 462 g/mol. The molecule has 0 aromatic heterocycles. The monoisotopic (exact) mass is 460 g/mol. The first-order valence-electron chi connectivity index (χ1n) is 9.39. The Bertz CT molecular complexity index is 1050. The molecule has 3 amide bonds. The van der Waals surface area contributed by atoms with E-state index in [0.29, 0.717) is 18.6 Å². The van der Waals surface area contributed by atoms with Crippen LogP contribution in [-0.4, -0.2) is 39.3 Å². The summed E-state index contributed by atoms with van der Waals surface area (Å²) < 4.78 is 0.943. The van der Waals surface area contributed by atoms with Gasteiger partial charge in [-0.2, -0.15) is 4.99 Å². The van der Waals surface area contributed by atoms with Gasteiger partial charge >= 0.3 is 6.03 Å². The molecule has 0 saturated carbocycles. The summed E-state index contributed by atoms with van der Waals surface area (Å²) in [6.07, 6.45) is 4.64. The number of amides is 3. The maximum absolute atomic E-state index is 13.1. The summed E-state index contributed by atoms with van der Waals surface area (Å²) in [5, 5.41) is 2.87. The zero-order valence-electron chi connectivity index (χ0n) is 15.4. The van der Waals surface area contributed by atoms with Gasteiger partial charge in [0.05, 0.1) is 11.1 Å². The Morgan fingerprint density at radius 2 is 2.11 bits per heavy atom. The third-order valence-corrected chi connectivity index (χ3v) is 8.21. The first-order chi connectivity index (χ1) is 13.2.